The second-order valence-corrected chi connectivity index (χ2v) is 10.9. The lowest BCUT2D eigenvalue weighted by molar-refractivity contribution is -0.149. The number of carbonyl (C=O) groups is 2. The van der Waals surface area contributed by atoms with E-state index in [0.717, 1.165) is 22.5 Å². The number of aromatic hydroxyl groups is 1. The van der Waals surface area contributed by atoms with Gasteiger partial charge in [0.2, 0.25) is 13.6 Å². The van der Waals surface area contributed by atoms with E-state index in [1.54, 1.807) is 12.1 Å². The first-order chi connectivity index (χ1) is 17.5. The number of fused-ring (bicyclic) bond motifs is 1. The first kappa shape index (κ1) is 28.2. The van der Waals surface area contributed by atoms with Crippen LogP contribution in [-0.2, 0) is 38.1 Å². The highest BCUT2D eigenvalue weighted by Crippen LogP contribution is 2.55. The standard InChI is InChI=1S/C27H32NO8P/c1-20(29)33-18-35-37(32,36-19-34-21(2)30)17-16-27(3)24-9-5-6-10-25(24)28(4)26(27)11-7-8-22-12-14-23(31)15-13-22/h5-15,31H,16-19H2,1-4H3. The summed E-state index contributed by atoms with van der Waals surface area (Å²) in [6.45, 7) is 3.39. The van der Waals surface area contributed by atoms with Crippen LogP contribution in [-0.4, -0.2) is 43.8 Å². The van der Waals surface area contributed by atoms with Gasteiger partial charge in [0.05, 0.1) is 6.16 Å². The molecule has 0 aromatic heterocycles. The summed E-state index contributed by atoms with van der Waals surface area (Å²) in [6, 6.07) is 14.8. The van der Waals surface area contributed by atoms with Gasteiger partial charge in [-0.05, 0) is 48.7 Å². The molecule has 1 N–H and O–H groups in total. The number of benzene rings is 2. The van der Waals surface area contributed by atoms with Gasteiger partial charge in [0.15, 0.2) is 0 Å². The number of likely N-dealkylation sites (N-methyl/N-ethyl adjacent to an activating group) is 1. The molecular weight excluding hydrogens is 497 g/mol. The van der Waals surface area contributed by atoms with E-state index in [2.05, 4.69) is 11.8 Å². The van der Waals surface area contributed by atoms with Gasteiger partial charge in [-0.3, -0.25) is 23.2 Å². The van der Waals surface area contributed by atoms with E-state index in [1.165, 1.54) is 13.8 Å². The van der Waals surface area contributed by atoms with Gasteiger partial charge in [0.1, 0.15) is 5.75 Å². The van der Waals surface area contributed by atoms with Crippen molar-refractivity contribution in [3.63, 3.8) is 0 Å². The second kappa shape index (κ2) is 12.2. The topological polar surface area (TPSA) is 112 Å². The number of esters is 2. The van der Waals surface area contributed by atoms with Gasteiger partial charge < -0.3 is 19.5 Å². The Hall–Kier alpha value is -3.39. The number of ether oxygens (including phenoxy) is 2. The first-order valence-electron chi connectivity index (χ1n) is 11.7. The number of nitrogens with zero attached hydrogens (tertiary/aromatic N) is 1. The number of para-hydroxylation sites is 1. The number of anilines is 1. The highest BCUT2D eigenvalue weighted by Gasteiger charge is 2.43. The molecule has 3 rings (SSSR count). The SMILES string of the molecule is CC(=O)OCOP(=O)(CCC1(C)C(=CC=Cc2ccc(O)cc2)N(C)c2ccccc21)OCOC(C)=O. The summed E-state index contributed by atoms with van der Waals surface area (Å²) < 4.78 is 33.8. The van der Waals surface area contributed by atoms with Gasteiger partial charge in [0.25, 0.3) is 0 Å². The van der Waals surface area contributed by atoms with Crippen molar-refractivity contribution in [2.75, 3.05) is 31.7 Å². The summed E-state index contributed by atoms with van der Waals surface area (Å²) >= 11 is 0. The predicted octanol–water partition coefficient (Wildman–Crippen LogP) is 5.35. The molecule has 9 nitrogen and oxygen atoms in total. The number of carbonyl (C=O) groups excluding carboxylic acids is 2. The van der Waals surface area contributed by atoms with Crippen molar-refractivity contribution in [2.45, 2.75) is 32.6 Å². The molecule has 0 spiro atoms. The lowest BCUT2D eigenvalue weighted by Crippen LogP contribution is -2.28. The third kappa shape index (κ3) is 7.32. The van der Waals surface area contributed by atoms with E-state index in [-0.39, 0.29) is 11.9 Å². The number of phenols is 1. The fourth-order valence-electron chi connectivity index (χ4n) is 4.17. The zero-order valence-corrected chi connectivity index (χ0v) is 22.3. The van der Waals surface area contributed by atoms with Crippen LogP contribution in [0, 0.1) is 0 Å². The molecule has 0 bridgehead atoms. The molecule has 0 fully saturated rings. The fraction of sp³-hybridized carbons (Fsp3) is 0.333. The summed E-state index contributed by atoms with van der Waals surface area (Å²) in [7, 11) is -1.83. The molecule has 1 aliphatic heterocycles. The largest absolute Gasteiger partial charge is 0.508 e. The van der Waals surface area contributed by atoms with Crippen molar-refractivity contribution in [1.82, 2.24) is 0 Å². The Bertz CT molecular complexity index is 1200. The molecule has 198 valence electrons. The highest BCUT2D eigenvalue weighted by atomic mass is 31.2. The van der Waals surface area contributed by atoms with Crippen LogP contribution in [0.5, 0.6) is 5.75 Å². The van der Waals surface area contributed by atoms with Crippen molar-refractivity contribution in [3.8, 4) is 5.75 Å². The highest BCUT2D eigenvalue weighted by molar-refractivity contribution is 7.53. The maximum Gasteiger partial charge on any atom is 0.336 e. The van der Waals surface area contributed by atoms with Crippen molar-refractivity contribution in [3.05, 3.63) is 77.5 Å². The lowest BCUT2D eigenvalue weighted by atomic mass is 9.79. The summed E-state index contributed by atoms with van der Waals surface area (Å²) in [5.41, 5.74) is 3.40. The maximum absolute atomic E-state index is 13.5. The van der Waals surface area contributed by atoms with E-state index in [9.17, 15) is 19.3 Å². The molecule has 10 heteroatoms. The zero-order chi connectivity index (χ0) is 27.1. The van der Waals surface area contributed by atoms with Crippen molar-refractivity contribution in [1.29, 1.82) is 0 Å². The van der Waals surface area contributed by atoms with Gasteiger partial charge >= 0.3 is 19.5 Å². The van der Waals surface area contributed by atoms with E-state index in [4.69, 9.17) is 18.5 Å². The minimum atomic E-state index is -3.81. The Kier molecular flexibility index (Phi) is 9.32. The number of rotatable bonds is 11. The van der Waals surface area contributed by atoms with Crippen LogP contribution in [0.3, 0.4) is 0 Å². The minimum Gasteiger partial charge on any atom is -0.508 e. The van der Waals surface area contributed by atoms with Crippen LogP contribution in [0.1, 0.15) is 38.3 Å². The smallest absolute Gasteiger partial charge is 0.336 e. The molecule has 0 amide bonds. The summed E-state index contributed by atoms with van der Waals surface area (Å²) in [6.07, 6.45) is 6.20. The Morgan fingerprint density at radius 3 is 2.19 bits per heavy atom. The maximum atomic E-state index is 13.5. The fourth-order valence-corrected chi connectivity index (χ4v) is 5.65. The monoisotopic (exact) mass is 529 g/mol. The number of allylic oxidation sites excluding steroid dienone is 3. The Morgan fingerprint density at radius 1 is 1.00 bits per heavy atom. The van der Waals surface area contributed by atoms with Crippen LogP contribution >= 0.6 is 7.60 Å². The van der Waals surface area contributed by atoms with Crippen LogP contribution in [0.2, 0.25) is 0 Å². The molecule has 1 aliphatic rings. The van der Waals surface area contributed by atoms with Gasteiger partial charge in [-0.25, -0.2) is 0 Å². The van der Waals surface area contributed by atoms with Crippen LogP contribution in [0.4, 0.5) is 5.69 Å². The molecule has 1 heterocycles. The lowest BCUT2D eigenvalue weighted by Gasteiger charge is -2.30. The third-order valence-electron chi connectivity index (χ3n) is 6.13. The Balaban J connectivity index is 1.87. The molecular formula is C27H32NO8P. The van der Waals surface area contributed by atoms with Crippen LogP contribution in [0.15, 0.2) is 66.4 Å². The normalized spacial score (nSPS) is 18.3. The van der Waals surface area contributed by atoms with Gasteiger partial charge in [-0.1, -0.05) is 42.5 Å². The van der Waals surface area contributed by atoms with E-state index in [1.807, 2.05) is 61.7 Å². The van der Waals surface area contributed by atoms with Crippen molar-refractivity contribution >= 4 is 31.3 Å². The van der Waals surface area contributed by atoms with E-state index in [0.29, 0.717) is 6.42 Å². The molecule has 1 unspecified atom stereocenters. The van der Waals surface area contributed by atoms with E-state index < -0.39 is 38.5 Å². The van der Waals surface area contributed by atoms with Crippen molar-refractivity contribution in [2.24, 2.45) is 0 Å². The minimum absolute atomic E-state index is 0.0206. The summed E-state index contributed by atoms with van der Waals surface area (Å²) in [4.78, 5) is 24.4. The zero-order valence-electron chi connectivity index (χ0n) is 21.4. The summed E-state index contributed by atoms with van der Waals surface area (Å²) in [5.74, 6) is -0.976. The van der Waals surface area contributed by atoms with Crippen LogP contribution < -0.4 is 4.90 Å². The average molecular weight is 530 g/mol. The van der Waals surface area contributed by atoms with E-state index >= 15 is 0 Å². The first-order valence-corrected chi connectivity index (χ1v) is 13.4. The quantitative estimate of drug-likeness (QED) is 0.234. The number of phenolic OH excluding ortho intramolecular Hbond substituents is 1. The molecule has 2 aromatic rings. The Morgan fingerprint density at radius 2 is 1.59 bits per heavy atom. The molecule has 0 aliphatic carbocycles. The van der Waals surface area contributed by atoms with Crippen molar-refractivity contribution < 1.29 is 37.8 Å². The van der Waals surface area contributed by atoms with Gasteiger partial charge in [-0.2, -0.15) is 0 Å². The predicted molar refractivity (Wildman–Crippen MR) is 140 cm³/mol. The Labute approximate surface area is 216 Å². The molecule has 0 saturated heterocycles. The van der Waals surface area contributed by atoms with Gasteiger partial charge in [-0.15, -0.1) is 0 Å². The number of hydrogen-bond donors (Lipinski definition) is 1. The molecule has 37 heavy (non-hydrogen) atoms. The molecule has 1 atom stereocenters. The molecule has 0 saturated carbocycles. The summed E-state index contributed by atoms with van der Waals surface area (Å²) in [5, 5.41) is 9.51. The second-order valence-electron chi connectivity index (χ2n) is 8.76. The van der Waals surface area contributed by atoms with Crippen LogP contribution in [0.25, 0.3) is 6.08 Å². The molecule has 2 aromatic carbocycles. The number of hydrogen-bond acceptors (Lipinski definition) is 9. The molecule has 0 radical (unpaired) electrons. The average Bonchev–Trinajstić information content (AvgIpc) is 3.06. The van der Waals surface area contributed by atoms with Gasteiger partial charge in [0, 0.05) is 37.7 Å². The third-order valence-corrected chi connectivity index (χ3v) is 7.90.